The maximum absolute atomic E-state index is 13.0. The number of imidazole rings is 1. The lowest BCUT2D eigenvalue weighted by Crippen LogP contribution is -2.34. The van der Waals surface area contributed by atoms with Crippen LogP contribution >= 0.6 is 11.6 Å². The van der Waals surface area contributed by atoms with Gasteiger partial charge in [-0.2, -0.15) is 0 Å². The Bertz CT molecular complexity index is 922. The fourth-order valence-electron chi connectivity index (χ4n) is 2.95. The van der Waals surface area contributed by atoms with Crippen molar-refractivity contribution in [1.82, 2.24) is 14.5 Å². The number of hydrogen-bond acceptors (Lipinski definition) is 3. The van der Waals surface area contributed by atoms with Crippen molar-refractivity contribution in [2.45, 2.75) is 20.0 Å². The molecular weight excluding hydrogens is 374 g/mol. The summed E-state index contributed by atoms with van der Waals surface area (Å²) in [5, 5.41) is 0.717. The molecule has 1 amide bonds. The topological polar surface area (TPSA) is 47.4 Å². The maximum Gasteiger partial charge on any atom is 0.254 e. The Morgan fingerprint density at radius 2 is 1.93 bits per heavy atom. The van der Waals surface area contributed by atoms with Crippen LogP contribution in [0.25, 0.3) is 0 Å². The van der Waals surface area contributed by atoms with E-state index in [1.54, 1.807) is 18.2 Å². The van der Waals surface area contributed by atoms with Gasteiger partial charge in [0, 0.05) is 36.6 Å². The molecule has 0 saturated carbocycles. The van der Waals surface area contributed by atoms with Crippen molar-refractivity contribution < 1.29 is 9.53 Å². The van der Waals surface area contributed by atoms with Gasteiger partial charge in [0.25, 0.3) is 5.91 Å². The normalized spacial score (nSPS) is 10.8. The number of aromatic nitrogens is 2. The van der Waals surface area contributed by atoms with Gasteiger partial charge in [-0.1, -0.05) is 47.5 Å². The van der Waals surface area contributed by atoms with Crippen LogP contribution in [-0.4, -0.2) is 40.6 Å². The third-order valence-electron chi connectivity index (χ3n) is 4.58. The van der Waals surface area contributed by atoms with Crippen LogP contribution in [0.4, 0.5) is 0 Å². The molecule has 3 aromatic rings. The summed E-state index contributed by atoms with van der Waals surface area (Å²) in [4.78, 5) is 19.3. The smallest absolute Gasteiger partial charge is 0.254 e. The van der Waals surface area contributed by atoms with Crippen LogP contribution in [0.15, 0.2) is 60.9 Å². The van der Waals surface area contributed by atoms with E-state index in [2.05, 4.69) is 4.98 Å². The quantitative estimate of drug-likeness (QED) is 0.572. The molecule has 6 heteroatoms. The van der Waals surface area contributed by atoms with E-state index in [0.717, 1.165) is 17.0 Å². The molecule has 0 radical (unpaired) electrons. The third-order valence-corrected chi connectivity index (χ3v) is 4.95. The first kappa shape index (κ1) is 20.1. The highest BCUT2D eigenvalue weighted by molar-refractivity contribution is 6.31. The minimum absolute atomic E-state index is 0.0376. The number of hydrogen-bond donors (Lipinski definition) is 0. The van der Waals surface area contributed by atoms with Gasteiger partial charge in [0.1, 0.15) is 5.82 Å². The zero-order valence-corrected chi connectivity index (χ0v) is 16.9. The number of rotatable bonds is 8. The molecule has 2 aromatic carbocycles. The zero-order valence-electron chi connectivity index (χ0n) is 16.1. The van der Waals surface area contributed by atoms with Crippen molar-refractivity contribution in [3.05, 3.63) is 88.5 Å². The van der Waals surface area contributed by atoms with E-state index in [1.807, 2.05) is 66.2 Å². The van der Waals surface area contributed by atoms with Crippen LogP contribution in [-0.2, 0) is 17.8 Å². The van der Waals surface area contributed by atoms with Crippen LogP contribution in [0.3, 0.4) is 0 Å². The van der Waals surface area contributed by atoms with Crippen LogP contribution in [0.1, 0.15) is 27.3 Å². The lowest BCUT2D eigenvalue weighted by molar-refractivity contribution is 0.0673. The average Bonchev–Trinajstić information content (AvgIpc) is 3.13. The highest BCUT2D eigenvalue weighted by Crippen LogP contribution is 2.18. The molecule has 0 unspecified atom stereocenters. The minimum Gasteiger partial charge on any atom is -0.383 e. The highest BCUT2D eigenvalue weighted by Gasteiger charge is 2.18. The Morgan fingerprint density at radius 3 is 2.64 bits per heavy atom. The van der Waals surface area contributed by atoms with Gasteiger partial charge in [0.05, 0.1) is 19.7 Å². The van der Waals surface area contributed by atoms with Crippen molar-refractivity contribution in [3.63, 3.8) is 0 Å². The SMILES string of the molecule is COCCN(Cc1nccn1Cc1ccccc1Cl)C(=O)c1ccc(C)cc1. The summed E-state index contributed by atoms with van der Waals surface area (Å²) in [6.45, 7) is 3.95. The summed E-state index contributed by atoms with van der Waals surface area (Å²) in [6, 6.07) is 15.3. The van der Waals surface area contributed by atoms with Crippen molar-refractivity contribution >= 4 is 17.5 Å². The van der Waals surface area contributed by atoms with E-state index in [0.29, 0.717) is 36.8 Å². The Balaban J connectivity index is 1.80. The molecule has 5 nitrogen and oxygen atoms in total. The fraction of sp³-hybridized carbons (Fsp3) is 0.273. The van der Waals surface area contributed by atoms with Gasteiger partial charge in [-0.15, -0.1) is 0 Å². The van der Waals surface area contributed by atoms with Crippen LogP contribution in [0.5, 0.6) is 0 Å². The maximum atomic E-state index is 13.0. The molecule has 0 aliphatic rings. The summed E-state index contributed by atoms with van der Waals surface area (Å²) in [6.07, 6.45) is 3.65. The van der Waals surface area contributed by atoms with Gasteiger partial charge in [-0.25, -0.2) is 4.98 Å². The van der Waals surface area contributed by atoms with Gasteiger partial charge in [0.2, 0.25) is 0 Å². The van der Waals surface area contributed by atoms with Crippen molar-refractivity contribution in [2.75, 3.05) is 20.3 Å². The predicted molar refractivity (Wildman–Crippen MR) is 111 cm³/mol. The van der Waals surface area contributed by atoms with Crippen molar-refractivity contribution in [1.29, 1.82) is 0 Å². The molecule has 0 saturated heterocycles. The fourth-order valence-corrected chi connectivity index (χ4v) is 3.14. The summed E-state index contributed by atoms with van der Waals surface area (Å²) in [7, 11) is 1.63. The molecule has 28 heavy (non-hydrogen) atoms. The number of ether oxygens (including phenoxy) is 1. The van der Waals surface area contributed by atoms with E-state index in [-0.39, 0.29) is 5.91 Å². The summed E-state index contributed by atoms with van der Waals surface area (Å²) >= 11 is 6.30. The van der Waals surface area contributed by atoms with Crippen LogP contribution in [0, 0.1) is 6.92 Å². The number of halogens is 1. The molecule has 146 valence electrons. The first-order chi connectivity index (χ1) is 13.6. The monoisotopic (exact) mass is 397 g/mol. The molecule has 3 rings (SSSR count). The molecule has 0 aliphatic carbocycles. The van der Waals surface area contributed by atoms with E-state index in [9.17, 15) is 4.79 Å². The molecule has 0 atom stereocenters. The van der Waals surface area contributed by atoms with Crippen molar-refractivity contribution in [3.8, 4) is 0 Å². The molecule has 0 fully saturated rings. The van der Waals surface area contributed by atoms with Gasteiger partial charge >= 0.3 is 0 Å². The number of benzene rings is 2. The molecule has 0 bridgehead atoms. The largest absolute Gasteiger partial charge is 0.383 e. The standard InChI is InChI=1S/C22H24ClN3O2/c1-17-7-9-18(10-8-17)22(27)26(13-14-28-2)16-21-24-11-12-25(21)15-19-5-3-4-6-20(19)23/h3-12H,13-16H2,1-2H3. The third kappa shape index (κ3) is 5.00. The van der Waals surface area contributed by atoms with Gasteiger partial charge in [0.15, 0.2) is 0 Å². The Kier molecular flexibility index (Phi) is 6.85. The van der Waals surface area contributed by atoms with Crippen LogP contribution in [0.2, 0.25) is 5.02 Å². The molecule has 1 aromatic heterocycles. The second kappa shape index (κ2) is 9.53. The number of methoxy groups -OCH3 is 1. The highest BCUT2D eigenvalue weighted by atomic mass is 35.5. The average molecular weight is 398 g/mol. The Labute approximate surface area is 170 Å². The summed E-state index contributed by atoms with van der Waals surface area (Å²) in [5.74, 6) is 0.765. The first-order valence-corrected chi connectivity index (χ1v) is 9.54. The number of amides is 1. The van der Waals surface area contributed by atoms with Gasteiger partial charge < -0.3 is 14.2 Å². The lowest BCUT2D eigenvalue weighted by atomic mass is 10.1. The van der Waals surface area contributed by atoms with E-state index < -0.39 is 0 Å². The first-order valence-electron chi connectivity index (χ1n) is 9.17. The number of carbonyl (C=O) groups is 1. The molecule has 0 aliphatic heterocycles. The van der Waals surface area contributed by atoms with Crippen LogP contribution < -0.4 is 0 Å². The molecule has 0 N–H and O–H groups in total. The van der Waals surface area contributed by atoms with E-state index >= 15 is 0 Å². The minimum atomic E-state index is -0.0376. The second-order valence-corrected chi connectivity index (χ2v) is 7.06. The van der Waals surface area contributed by atoms with Gasteiger partial charge in [-0.3, -0.25) is 4.79 Å². The zero-order chi connectivity index (χ0) is 19.9. The van der Waals surface area contributed by atoms with Crippen molar-refractivity contribution in [2.24, 2.45) is 0 Å². The summed E-state index contributed by atoms with van der Waals surface area (Å²) < 4.78 is 7.22. The van der Waals surface area contributed by atoms with E-state index in [4.69, 9.17) is 16.3 Å². The van der Waals surface area contributed by atoms with E-state index in [1.165, 1.54) is 0 Å². The Morgan fingerprint density at radius 1 is 1.18 bits per heavy atom. The number of nitrogens with zero attached hydrogens (tertiary/aromatic N) is 3. The summed E-state index contributed by atoms with van der Waals surface area (Å²) in [5.41, 5.74) is 2.79. The Hall–Kier alpha value is -2.63. The number of carbonyl (C=O) groups excluding carboxylic acids is 1. The predicted octanol–water partition coefficient (Wildman–Crippen LogP) is 4.18. The molecule has 0 spiro atoms. The lowest BCUT2D eigenvalue weighted by Gasteiger charge is -2.23. The molecule has 1 heterocycles. The van der Waals surface area contributed by atoms with Gasteiger partial charge in [-0.05, 0) is 30.7 Å². The molecular formula is C22H24ClN3O2. The second-order valence-electron chi connectivity index (χ2n) is 6.65. The number of aryl methyl sites for hydroxylation is 1.